The van der Waals surface area contributed by atoms with E-state index in [0.29, 0.717) is 24.5 Å². The average Bonchev–Trinajstić information content (AvgIpc) is 2.78. The SMILES string of the molecule is CCOC(=O)c1[nH]ccc1NC(=O)NCCCCl. The van der Waals surface area contributed by atoms with Crippen molar-refractivity contribution >= 4 is 29.3 Å². The zero-order valence-electron chi connectivity index (χ0n) is 10.1. The molecule has 0 aromatic carbocycles. The number of rotatable bonds is 6. The zero-order valence-corrected chi connectivity index (χ0v) is 10.8. The lowest BCUT2D eigenvalue weighted by atomic mass is 10.3. The summed E-state index contributed by atoms with van der Waals surface area (Å²) in [5.41, 5.74) is 0.612. The lowest BCUT2D eigenvalue weighted by molar-refractivity contribution is 0.0521. The number of ether oxygens (including phenoxy) is 1. The first-order valence-corrected chi connectivity index (χ1v) is 6.17. The van der Waals surface area contributed by atoms with Gasteiger partial charge in [0.15, 0.2) is 0 Å². The Balaban J connectivity index is 2.54. The van der Waals surface area contributed by atoms with Gasteiger partial charge in [-0.25, -0.2) is 9.59 Å². The fourth-order valence-corrected chi connectivity index (χ4v) is 1.41. The molecule has 1 rings (SSSR count). The number of H-pyrrole nitrogens is 1. The van der Waals surface area contributed by atoms with Crippen molar-refractivity contribution in [1.82, 2.24) is 10.3 Å². The number of halogens is 1. The van der Waals surface area contributed by atoms with Crippen molar-refractivity contribution in [2.45, 2.75) is 13.3 Å². The van der Waals surface area contributed by atoms with Crippen LogP contribution in [0.25, 0.3) is 0 Å². The third kappa shape index (κ3) is 4.29. The number of nitrogens with one attached hydrogen (secondary N) is 3. The molecule has 1 aromatic rings. The molecule has 0 radical (unpaired) electrons. The Morgan fingerprint density at radius 1 is 1.50 bits per heavy atom. The molecule has 0 saturated carbocycles. The summed E-state index contributed by atoms with van der Waals surface area (Å²) in [7, 11) is 0. The molecule has 1 heterocycles. The van der Waals surface area contributed by atoms with Crippen LogP contribution in [0.3, 0.4) is 0 Å². The first-order chi connectivity index (χ1) is 8.69. The first-order valence-electron chi connectivity index (χ1n) is 5.64. The van der Waals surface area contributed by atoms with Gasteiger partial charge in [-0.3, -0.25) is 0 Å². The van der Waals surface area contributed by atoms with Crippen molar-refractivity contribution in [2.75, 3.05) is 24.3 Å². The van der Waals surface area contributed by atoms with Crippen LogP contribution in [0.5, 0.6) is 0 Å². The maximum Gasteiger partial charge on any atom is 0.356 e. The minimum Gasteiger partial charge on any atom is -0.461 e. The number of alkyl halides is 1. The standard InChI is InChI=1S/C11H16ClN3O3/c1-2-18-10(16)9-8(4-7-13-9)15-11(17)14-6-3-5-12/h4,7,13H,2-3,5-6H2,1H3,(H2,14,15,17). The third-order valence-electron chi connectivity index (χ3n) is 2.07. The molecule has 0 spiro atoms. The van der Waals surface area contributed by atoms with Gasteiger partial charge in [0, 0.05) is 18.6 Å². The molecule has 0 bridgehead atoms. The summed E-state index contributed by atoms with van der Waals surface area (Å²) < 4.78 is 4.85. The van der Waals surface area contributed by atoms with E-state index in [0.717, 1.165) is 0 Å². The normalized spacial score (nSPS) is 9.89. The molecule has 7 heteroatoms. The van der Waals surface area contributed by atoms with Gasteiger partial charge >= 0.3 is 12.0 Å². The average molecular weight is 274 g/mol. The molecule has 0 unspecified atom stereocenters. The van der Waals surface area contributed by atoms with E-state index < -0.39 is 5.97 Å². The Morgan fingerprint density at radius 3 is 2.94 bits per heavy atom. The Labute approximate surface area is 110 Å². The molecule has 6 nitrogen and oxygen atoms in total. The quantitative estimate of drug-likeness (QED) is 0.421. The number of carbonyl (C=O) groups excluding carboxylic acids is 2. The molecule has 0 fully saturated rings. The molecule has 1 aromatic heterocycles. The number of anilines is 1. The maximum atomic E-state index is 11.5. The van der Waals surface area contributed by atoms with Crippen LogP contribution in [-0.4, -0.2) is 36.0 Å². The van der Waals surface area contributed by atoms with Gasteiger partial charge in [-0.05, 0) is 19.4 Å². The minimum absolute atomic E-state index is 0.226. The molecule has 0 aliphatic carbocycles. The van der Waals surface area contributed by atoms with E-state index in [1.54, 1.807) is 19.2 Å². The van der Waals surface area contributed by atoms with Gasteiger partial charge in [0.05, 0.1) is 12.3 Å². The lowest BCUT2D eigenvalue weighted by Gasteiger charge is -2.07. The summed E-state index contributed by atoms with van der Waals surface area (Å²) in [5.74, 6) is -0.0167. The van der Waals surface area contributed by atoms with Crippen molar-refractivity contribution < 1.29 is 14.3 Å². The Hall–Kier alpha value is -1.69. The Bertz CT molecular complexity index is 406. The maximum absolute atomic E-state index is 11.5. The minimum atomic E-state index is -0.501. The van der Waals surface area contributed by atoms with Gasteiger partial charge in [-0.1, -0.05) is 0 Å². The van der Waals surface area contributed by atoms with Crippen LogP contribution in [0.2, 0.25) is 0 Å². The van der Waals surface area contributed by atoms with E-state index in [1.807, 2.05) is 0 Å². The number of aromatic amines is 1. The summed E-state index contributed by atoms with van der Waals surface area (Å²) in [6.07, 6.45) is 2.24. The summed E-state index contributed by atoms with van der Waals surface area (Å²) >= 11 is 5.49. The fourth-order valence-electron chi connectivity index (χ4n) is 1.28. The van der Waals surface area contributed by atoms with E-state index in [-0.39, 0.29) is 18.3 Å². The van der Waals surface area contributed by atoms with Crippen molar-refractivity contribution in [3.63, 3.8) is 0 Å². The number of urea groups is 1. The molecule has 0 aliphatic rings. The van der Waals surface area contributed by atoms with Gasteiger partial charge in [0.25, 0.3) is 0 Å². The smallest absolute Gasteiger partial charge is 0.356 e. The molecule has 100 valence electrons. The van der Waals surface area contributed by atoms with Crippen LogP contribution in [-0.2, 0) is 4.74 Å². The van der Waals surface area contributed by atoms with Crippen LogP contribution in [0.15, 0.2) is 12.3 Å². The van der Waals surface area contributed by atoms with Crippen LogP contribution in [0, 0.1) is 0 Å². The largest absolute Gasteiger partial charge is 0.461 e. The third-order valence-corrected chi connectivity index (χ3v) is 2.34. The highest BCUT2D eigenvalue weighted by Gasteiger charge is 2.15. The molecular weight excluding hydrogens is 258 g/mol. The number of aromatic nitrogens is 1. The molecule has 3 N–H and O–H groups in total. The molecule has 2 amide bonds. The highest BCUT2D eigenvalue weighted by molar-refractivity contribution is 6.17. The summed E-state index contributed by atoms with van der Waals surface area (Å²) in [5, 5.41) is 5.18. The van der Waals surface area contributed by atoms with Crippen molar-refractivity contribution in [2.24, 2.45) is 0 Å². The highest BCUT2D eigenvalue weighted by Crippen LogP contribution is 2.14. The number of esters is 1. The fraction of sp³-hybridized carbons (Fsp3) is 0.455. The summed E-state index contributed by atoms with van der Waals surface area (Å²) in [4.78, 5) is 25.7. The second kappa shape index (κ2) is 7.60. The second-order valence-electron chi connectivity index (χ2n) is 3.41. The molecule has 0 atom stereocenters. The summed E-state index contributed by atoms with van der Waals surface area (Å²) in [6, 6.07) is 1.21. The van der Waals surface area contributed by atoms with E-state index in [1.165, 1.54) is 0 Å². The predicted octanol–water partition coefficient (Wildman–Crippen LogP) is 1.94. The molecular formula is C11H16ClN3O3. The second-order valence-corrected chi connectivity index (χ2v) is 3.79. The van der Waals surface area contributed by atoms with E-state index >= 15 is 0 Å². The molecule has 0 aliphatic heterocycles. The van der Waals surface area contributed by atoms with E-state index in [2.05, 4.69) is 15.6 Å². The van der Waals surface area contributed by atoms with Gasteiger partial charge in [0.2, 0.25) is 0 Å². The van der Waals surface area contributed by atoms with Crippen molar-refractivity contribution in [3.05, 3.63) is 18.0 Å². The van der Waals surface area contributed by atoms with E-state index in [9.17, 15) is 9.59 Å². The van der Waals surface area contributed by atoms with Crippen LogP contribution < -0.4 is 10.6 Å². The van der Waals surface area contributed by atoms with Gasteiger partial charge in [-0.15, -0.1) is 11.6 Å². The zero-order chi connectivity index (χ0) is 13.4. The number of hydrogen-bond donors (Lipinski definition) is 3. The van der Waals surface area contributed by atoms with Crippen molar-refractivity contribution in [3.8, 4) is 0 Å². The monoisotopic (exact) mass is 273 g/mol. The topological polar surface area (TPSA) is 83.2 Å². The van der Waals surface area contributed by atoms with Crippen molar-refractivity contribution in [1.29, 1.82) is 0 Å². The molecule has 18 heavy (non-hydrogen) atoms. The van der Waals surface area contributed by atoms with E-state index in [4.69, 9.17) is 16.3 Å². The summed E-state index contributed by atoms with van der Waals surface area (Å²) in [6.45, 7) is 2.47. The van der Waals surface area contributed by atoms with Crippen LogP contribution >= 0.6 is 11.6 Å². The van der Waals surface area contributed by atoms with Gasteiger partial charge in [0.1, 0.15) is 5.69 Å². The highest BCUT2D eigenvalue weighted by atomic mass is 35.5. The first kappa shape index (κ1) is 14.4. The Morgan fingerprint density at radius 2 is 2.28 bits per heavy atom. The van der Waals surface area contributed by atoms with Crippen LogP contribution in [0.4, 0.5) is 10.5 Å². The number of carbonyl (C=O) groups is 2. The number of hydrogen-bond acceptors (Lipinski definition) is 3. The molecule has 0 saturated heterocycles. The number of amides is 2. The predicted molar refractivity (Wildman–Crippen MR) is 69.1 cm³/mol. The van der Waals surface area contributed by atoms with Gasteiger partial charge < -0.3 is 20.4 Å². The van der Waals surface area contributed by atoms with Crippen LogP contribution in [0.1, 0.15) is 23.8 Å². The Kier molecular flexibility index (Phi) is 6.07. The lowest BCUT2D eigenvalue weighted by Crippen LogP contribution is -2.30. The van der Waals surface area contributed by atoms with Gasteiger partial charge in [-0.2, -0.15) is 0 Å².